The van der Waals surface area contributed by atoms with Crippen LogP contribution in [0.3, 0.4) is 0 Å². The van der Waals surface area contributed by atoms with Crippen LogP contribution >= 0.6 is 0 Å². The summed E-state index contributed by atoms with van der Waals surface area (Å²) in [6, 6.07) is 17.1. The van der Waals surface area contributed by atoms with Crippen molar-refractivity contribution in [2.24, 2.45) is 0 Å². The Morgan fingerprint density at radius 3 is 2.38 bits per heavy atom. The Kier molecular flexibility index (Phi) is 7.50. The molecule has 6 nitrogen and oxygen atoms in total. The van der Waals surface area contributed by atoms with E-state index >= 15 is 0 Å². The van der Waals surface area contributed by atoms with E-state index in [1.165, 1.54) is 18.4 Å². The summed E-state index contributed by atoms with van der Waals surface area (Å²) in [6.07, 6.45) is 4.86. The predicted molar refractivity (Wildman–Crippen MR) is 130 cm³/mol. The van der Waals surface area contributed by atoms with E-state index in [1.807, 2.05) is 18.3 Å². The van der Waals surface area contributed by atoms with Crippen LogP contribution in [0.4, 0.5) is 4.39 Å². The number of ketones is 1. The number of aromatic nitrogens is 1. The fraction of sp³-hybridized carbons (Fsp3) is 0.308. The van der Waals surface area contributed by atoms with E-state index < -0.39 is 15.7 Å². The van der Waals surface area contributed by atoms with E-state index in [0.717, 1.165) is 42.8 Å². The van der Waals surface area contributed by atoms with Crippen molar-refractivity contribution in [1.29, 1.82) is 0 Å². The highest BCUT2D eigenvalue weighted by atomic mass is 32.2. The second-order valence-corrected chi connectivity index (χ2v) is 10.7. The van der Waals surface area contributed by atoms with Crippen LogP contribution in [0.25, 0.3) is 11.3 Å². The van der Waals surface area contributed by atoms with E-state index in [1.54, 1.807) is 36.4 Å². The molecule has 0 amide bonds. The van der Waals surface area contributed by atoms with Crippen LogP contribution < -0.4 is 5.32 Å². The van der Waals surface area contributed by atoms with Crippen LogP contribution in [0.5, 0.6) is 0 Å². The van der Waals surface area contributed by atoms with E-state index in [0.29, 0.717) is 17.5 Å². The first-order chi connectivity index (χ1) is 16.3. The summed E-state index contributed by atoms with van der Waals surface area (Å²) >= 11 is 0. The lowest BCUT2D eigenvalue weighted by Gasteiger charge is -2.32. The maximum atomic E-state index is 13.8. The number of hydrogen-bond donors (Lipinski definition) is 1. The molecule has 0 spiro atoms. The molecule has 8 heteroatoms. The number of nitrogens with zero attached hydrogens (tertiary/aromatic N) is 2. The van der Waals surface area contributed by atoms with Gasteiger partial charge in [0, 0.05) is 43.7 Å². The third-order valence-electron chi connectivity index (χ3n) is 6.13. The lowest BCUT2D eigenvalue weighted by molar-refractivity contribution is 0.0900. The molecule has 1 fully saturated rings. The van der Waals surface area contributed by atoms with Gasteiger partial charge in [-0.3, -0.25) is 14.7 Å². The van der Waals surface area contributed by atoms with Gasteiger partial charge < -0.3 is 5.32 Å². The Morgan fingerprint density at radius 2 is 1.76 bits per heavy atom. The molecule has 0 atom stereocenters. The second-order valence-electron chi connectivity index (χ2n) is 8.68. The SMILES string of the molecule is CS(=O)(=O)c1ccc(-c2ccc(CNC3CCN(CC(=O)c4ccccc4F)CC3)cn2)cc1. The Hall–Kier alpha value is -2.94. The van der Waals surface area contributed by atoms with Crippen LogP contribution in [-0.2, 0) is 16.4 Å². The molecular formula is C26H28FN3O3S. The molecule has 34 heavy (non-hydrogen) atoms. The van der Waals surface area contributed by atoms with E-state index in [9.17, 15) is 17.6 Å². The number of carbonyl (C=O) groups excluding carboxylic acids is 1. The lowest BCUT2D eigenvalue weighted by atomic mass is 10.0. The average molecular weight is 482 g/mol. The molecule has 0 radical (unpaired) electrons. The largest absolute Gasteiger partial charge is 0.310 e. The van der Waals surface area contributed by atoms with E-state index in [2.05, 4.69) is 15.2 Å². The number of halogens is 1. The molecule has 0 unspecified atom stereocenters. The van der Waals surface area contributed by atoms with Gasteiger partial charge in [0.15, 0.2) is 15.6 Å². The fourth-order valence-electron chi connectivity index (χ4n) is 4.11. The number of benzene rings is 2. The van der Waals surface area contributed by atoms with Crippen molar-refractivity contribution >= 4 is 15.6 Å². The molecular weight excluding hydrogens is 453 g/mol. The van der Waals surface area contributed by atoms with Gasteiger partial charge >= 0.3 is 0 Å². The number of rotatable bonds is 8. The molecule has 1 N–H and O–H groups in total. The number of Topliss-reactive ketones (excluding diaryl/α,β-unsaturated/α-hetero) is 1. The standard InChI is InChI=1S/C26H28FN3O3S/c1-34(32,33)22-9-7-20(8-10-22)25-11-6-19(17-29-25)16-28-21-12-14-30(15-13-21)18-26(31)23-4-2-3-5-24(23)27/h2-11,17,21,28H,12-16,18H2,1H3. The Labute approximate surface area is 199 Å². The molecule has 178 valence electrons. The molecule has 1 aliphatic heterocycles. The van der Waals surface area contributed by atoms with Crippen LogP contribution in [0, 0.1) is 5.82 Å². The summed E-state index contributed by atoms with van der Waals surface area (Å²) in [7, 11) is -3.21. The number of sulfone groups is 1. The van der Waals surface area contributed by atoms with E-state index in [-0.39, 0.29) is 17.9 Å². The van der Waals surface area contributed by atoms with Crippen molar-refractivity contribution in [1.82, 2.24) is 15.2 Å². The third-order valence-corrected chi connectivity index (χ3v) is 7.26. The molecule has 0 saturated carbocycles. The van der Waals surface area contributed by atoms with Gasteiger partial charge in [0.1, 0.15) is 5.82 Å². The van der Waals surface area contributed by atoms with Crippen LogP contribution in [0.15, 0.2) is 71.8 Å². The third kappa shape index (κ3) is 6.14. The molecule has 1 saturated heterocycles. The van der Waals surface area contributed by atoms with Gasteiger partial charge in [-0.2, -0.15) is 0 Å². The number of pyridine rings is 1. The first-order valence-electron chi connectivity index (χ1n) is 11.3. The van der Waals surface area contributed by atoms with Crippen molar-refractivity contribution in [2.75, 3.05) is 25.9 Å². The average Bonchev–Trinajstić information content (AvgIpc) is 2.84. The quantitative estimate of drug-likeness (QED) is 0.494. The normalized spacial score (nSPS) is 15.4. The van der Waals surface area contributed by atoms with Crippen LogP contribution in [0.2, 0.25) is 0 Å². The maximum Gasteiger partial charge on any atom is 0.179 e. The molecule has 3 aromatic rings. The van der Waals surface area contributed by atoms with Gasteiger partial charge in [-0.15, -0.1) is 0 Å². The minimum absolute atomic E-state index is 0.157. The smallest absolute Gasteiger partial charge is 0.179 e. The predicted octanol–water partition coefficient (Wildman–Crippen LogP) is 3.73. The molecule has 2 heterocycles. The number of carbonyl (C=O) groups is 1. The van der Waals surface area contributed by atoms with Gasteiger partial charge in [-0.1, -0.05) is 30.3 Å². The van der Waals surface area contributed by atoms with Gasteiger partial charge in [0.05, 0.1) is 22.7 Å². The molecule has 2 aromatic carbocycles. The maximum absolute atomic E-state index is 13.8. The summed E-state index contributed by atoms with van der Waals surface area (Å²) in [5, 5.41) is 3.56. The van der Waals surface area contributed by atoms with Gasteiger partial charge in [-0.25, -0.2) is 12.8 Å². The summed E-state index contributed by atoms with van der Waals surface area (Å²) in [4.78, 5) is 19.3. The van der Waals surface area contributed by atoms with Crippen molar-refractivity contribution in [3.8, 4) is 11.3 Å². The van der Waals surface area contributed by atoms with Gasteiger partial charge in [0.25, 0.3) is 0 Å². The molecule has 0 aliphatic carbocycles. The highest BCUT2D eigenvalue weighted by Crippen LogP contribution is 2.20. The van der Waals surface area contributed by atoms with Gasteiger partial charge in [0.2, 0.25) is 0 Å². The summed E-state index contributed by atoms with van der Waals surface area (Å²) in [6.45, 7) is 2.51. The molecule has 1 aromatic heterocycles. The summed E-state index contributed by atoms with van der Waals surface area (Å²) in [5.74, 6) is -0.642. The molecule has 4 rings (SSSR count). The van der Waals surface area contributed by atoms with Crippen molar-refractivity contribution in [3.63, 3.8) is 0 Å². The van der Waals surface area contributed by atoms with Crippen LogP contribution in [0.1, 0.15) is 28.8 Å². The summed E-state index contributed by atoms with van der Waals surface area (Å²) in [5.41, 5.74) is 2.87. The summed E-state index contributed by atoms with van der Waals surface area (Å²) < 4.78 is 37.0. The fourth-order valence-corrected chi connectivity index (χ4v) is 4.74. The number of likely N-dealkylation sites (tertiary alicyclic amines) is 1. The zero-order valence-electron chi connectivity index (χ0n) is 19.1. The van der Waals surface area contributed by atoms with Crippen molar-refractivity contribution < 1.29 is 17.6 Å². The van der Waals surface area contributed by atoms with Crippen molar-refractivity contribution in [3.05, 3.63) is 83.8 Å². The van der Waals surface area contributed by atoms with Crippen molar-refractivity contribution in [2.45, 2.75) is 30.3 Å². The number of nitrogens with one attached hydrogen (secondary N) is 1. The van der Waals surface area contributed by atoms with Crippen LogP contribution in [-0.4, -0.2) is 56.0 Å². The number of hydrogen-bond acceptors (Lipinski definition) is 6. The topological polar surface area (TPSA) is 79.4 Å². The highest BCUT2D eigenvalue weighted by Gasteiger charge is 2.22. The van der Waals surface area contributed by atoms with Gasteiger partial charge in [-0.05, 0) is 48.7 Å². The minimum Gasteiger partial charge on any atom is -0.310 e. The zero-order valence-corrected chi connectivity index (χ0v) is 19.9. The first kappa shape index (κ1) is 24.2. The highest BCUT2D eigenvalue weighted by molar-refractivity contribution is 7.90. The second kappa shape index (κ2) is 10.5. The molecule has 0 bridgehead atoms. The Morgan fingerprint density at radius 1 is 1.06 bits per heavy atom. The lowest BCUT2D eigenvalue weighted by Crippen LogP contribution is -2.44. The zero-order chi connectivity index (χ0) is 24.1. The van der Waals surface area contributed by atoms with E-state index in [4.69, 9.17) is 0 Å². The minimum atomic E-state index is -3.21. The monoisotopic (exact) mass is 481 g/mol. The Bertz CT molecular complexity index is 1240. The number of piperidine rings is 1. The first-order valence-corrected chi connectivity index (χ1v) is 13.2. The molecule has 1 aliphatic rings. The Balaban J connectivity index is 1.24.